The number of nitrogens with one attached hydrogen (secondary N) is 2. The molecule has 3 atom stereocenters. The van der Waals surface area contributed by atoms with Gasteiger partial charge in [-0.1, -0.05) is 46.2 Å². The van der Waals surface area contributed by atoms with Crippen molar-refractivity contribution in [2.75, 3.05) is 6.54 Å². The Kier molecular flexibility index (Phi) is 11.4. The Labute approximate surface area is 204 Å². The van der Waals surface area contributed by atoms with Gasteiger partial charge < -0.3 is 25.4 Å². The Morgan fingerprint density at radius 1 is 1.06 bits per heavy atom. The maximum absolute atomic E-state index is 13.9. The molecule has 3 unspecified atom stereocenters. The number of ether oxygens (including phenoxy) is 1. The van der Waals surface area contributed by atoms with E-state index >= 15 is 0 Å². The molecule has 8 nitrogen and oxygen atoms in total. The molecule has 0 aliphatic heterocycles. The van der Waals surface area contributed by atoms with E-state index in [9.17, 15) is 19.5 Å². The van der Waals surface area contributed by atoms with E-state index in [2.05, 4.69) is 10.6 Å². The summed E-state index contributed by atoms with van der Waals surface area (Å²) < 4.78 is 5.38. The zero-order valence-corrected chi connectivity index (χ0v) is 22.0. The van der Waals surface area contributed by atoms with E-state index in [0.29, 0.717) is 18.5 Å². The first-order valence-electron chi connectivity index (χ1n) is 12.2. The molecule has 0 aromatic heterocycles. The van der Waals surface area contributed by atoms with Gasteiger partial charge in [0.15, 0.2) is 0 Å². The number of nitrogens with zero attached hydrogens (tertiary/aromatic N) is 1. The number of amides is 3. The lowest BCUT2D eigenvalue weighted by atomic mass is 9.96. The van der Waals surface area contributed by atoms with Crippen LogP contribution in [0.3, 0.4) is 0 Å². The highest BCUT2D eigenvalue weighted by Gasteiger charge is 2.39. The number of hydrogen-bond acceptors (Lipinski definition) is 5. The van der Waals surface area contributed by atoms with Crippen LogP contribution in [0.2, 0.25) is 0 Å². The summed E-state index contributed by atoms with van der Waals surface area (Å²) in [6, 6.07) is 4.21. The molecule has 0 saturated heterocycles. The van der Waals surface area contributed by atoms with Gasteiger partial charge in [-0.25, -0.2) is 4.79 Å². The minimum absolute atomic E-state index is 0.0713. The number of unbranched alkanes of at least 4 members (excludes halogenated alkanes) is 1. The first-order chi connectivity index (χ1) is 15.8. The maximum Gasteiger partial charge on any atom is 0.408 e. The summed E-state index contributed by atoms with van der Waals surface area (Å²) >= 11 is 0. The molecule has 1 rings (SSSR count). The molecule has 1 aromatic carbocycles. The van der Waals surface area contributed by atoms with Crippen molar-refractivity contribution >= 4 is 17.9 Å². The van der Waals surface area contributed by atoms with Gasteiger partial charge in [-0.3, -0.25) is 9.59 Å². The summed E-state index contributed by atoms with van der Waals surface area (Å²) in [5, 5.41) is 15.4. The molecule has 0 bridgehead atoms. The van der Waals surface area contributed by atoms with E-state index in [-0.39, 0.29) is 29.5 Å². The van der Waals surface area contributed by atoms with Crippen molar-refractivity contribution in [2.24, 2.45) is 5.92 Å². The molecule has 192 valence electrons. The minimum atomic E-state index is -0.915. The Hall–Kier alpha value is -2.77. The average Bonchev–Trinajstić information content (AvgIpc) is 2.74. The predicted octanol–water partition coefficient (Wildman–Crippen LogP) is 4.53. The highest BCUT2D eigenvalue weighted by atomic mass is 16.6. The Morgan fingerprint density at radius 2 is 1.65 bits per heavy atom. The van der Waals surface area contributed by atoms with Crippen LogP contribution in [0.25, 0.3) is 0 Å². The van der Waals surface area contributed by atoms with Gasteiger partial charge in [-0.2, -0.15) is 0 Å². The number of alkyl carbamates (subject to hydrolysis) is 1. The zero-order valence-electron chi connectivity index (χ0n) is 22.0. The number of phenols is 1. The van der Waals surface area contributed by atoms with Crippen molar-refractivity contribution in [3.05, 3.63) is 29.8 Å². The van der Waals surface area contributed by atoms with Crippen LogP contribution in [0.1, 0.15) is 86.3 Å². The Morgan fingerprint density at radius 3 is 2.12 bits per heavy atom. The summed E-state index contributed by atoms with van der Waals surface area (Å²) in [5.41, 5.74) is -0.126. The zero-order chi connectivity index (χ0) is 26.1. The summed E-state index contributed by atoms with van der Waals surface area (Å²) in [6.45, 7) is 15.3. The first-order valence-corrected chi connectivity index (χ1v) is 12.2. The number of benzene rings is 1. The lowest BCUT2D eigenvalue weighted by molar-refractivity contribution is -0.146. The molecule has 1 aromatic rings. The highest BCUT2D eigenvalue weighted by Crippen LogP contribution is 2.28. The average molecular weight is 478 g/mol. The third-order valence-corrected chi connectivity index (χ3v) is 5.49. The van der Waals surface area contributed by atoms with Crippen LogP contribution in [-0.4, -0.2) is 52.1 Å². The fourth-order valence-electron chi connectivity index (χ4n) is 3.48. The van der Waals surface area contributed by atoms with Gasteiger partial charge in [-0.05, 0) is 64.2 Å². The van der Waals surface area contributed by atoms with E-state index in [0.717, 1.165) is 12.8 Å². The molecular formula is C26H43N3O5. The predicted molar refractivity (Wildman–Crippen MR) is 133 cm³/mol. The first kappa shape index (κ1) is 29.3. The number of phenolic OH excluding ortho intramolecular Hbond substituents is 1. The molecule has 0 saturated carbocycles. The van der Waals surface area contributed by atoms with Crippen LogP contribution in [0.4, 0.5) is 4.79 Å². The number of rotatable bonds is 11. The minimum Gasteiger partial charge on any atom is -0.508 e. The molecule has 34 heavy (non-hydrogen) atoms. The largest absolute Gasteiger partial charge is 0.508 e. The van der Waals surface area contributed by atoms with Crippen molar-refractivity contribution in [1.29, 1.82) is 0 Å². The number of hydrogen-bond donors (Lipinski definition) is 3. The van der Waals surface area contributed by atoms with Gasteiger partial charge in [0.25, 0.3) is 0 Å². The topological polar surface area (TPSA) is 108 Å². The molecule has 0 radical (unpaired) electrons. The second-order valence-electron chi connectivity index (χ2n) is 10.0. The fraction of sp³-hybridized carbons (Fsp3) is 0.654. The summed E-state index contributed by atoms with van der Waals surface area (Å²) in [4.78, 5) is 41.4. The highest BCUT2D eigenvalue weighted by molar-refractivity contribution is 5.92. The normalized spacial score (nSPS) is 14.1. The maximum atomic E-state index is 13.9. The van der Waals surface area contributed by atoms with Gasteiger partial charge >= 0.3 is 6.09 Å². The third-order valence-electron chi connectivity index (χ3n) is 5.49. The van der Waals surface area contributed by atoms with Crippen LogP contribution in [0.15, 0.2) is 24.3 Å². The van der Waals surface area contributed by atoms with Crippen LogP contribution in [0, 0.1) is 5.92 Å². The van der Waals surface area contributed by atoms with Crippen LogP contribution in [0.5, 0.6) is 5.75 Å². The molecule has 0 heterocycles. The van der Waals surface area contributed by atoms with Crippen molar-refractivity contribution < 1.29 is 24.2 Å². The number of aromatic hydroxyl groups is 1. The molecule has 0 aliphatic rings. The molecule has 0 spiro atoms. The second kappa shape index (κ2) is 13.2. The van der Waals surface area contributed by atoms with Crippen molar-refractivity contribution in [3.63, 3.8) is 0 Å². The van der Waals surface area contributed by atoms with Crippen molar-refractivity contribution in [3.8, 4) is 5.75 Å². The SMILES string of the molecule is CCCCNC(=O)C(c1ccc(O)cc1)N(C(=O)C(NC(=O)OC(C)(C)C)C(C)C)C(C)CC. The van der Waals surface area contributed by atoms with E-state index in [1.54, 1.807) is 37.8 Å². The van der Waals surface area contributed by atoms with Gasteiger partial charge in [0.1, 0.15) is 23.4 Å². The van der Waals surface area contributed by atoms with E-state index in [1.165, 1.54) is 12.1 Å². The number of carbonyl (C=O) groups excluding carboxylic acids is 3. The second-order valence-corrected chi connectivity index (χ2v) is 10.0. The summed E-state index contributed by atoms with van der Waals surface area (Å²) in [5.74, 6) is -0.830. The summed E-state index contributed by atoms with van der Waals surface area (Å²) in [6.07, 6.45) is 1.67. The lowest BCUT2D eigenvalue weighted by Gasteiger charge is -2.39. The van der Waals surface area contributed by atoms with Crippen LogP contribution >= 0.6 is 0 Å². The Bertz CT molecular complexity index is 802. The Balaban J connectivity index is 3.43. The van der Waals surface area contributed by atoms with E-state index in [4.69, 9.17) is 4.74 Å². The molecule has 8 heteroatoms. The van der Waals surface area contributed by atoms with Crippen LogP contribution < -0.4 is 10.6 Å². The van der Waals surface area contributed by atoms with Crippen molar-refractivity contribution in [1.82, 2.24) is 15.5 Å². The molecule has 3 amide bonds. The molecular weight excluding hydrogens is 434 g/mol. The van der Waals surface area contributed by atoms with Gasteiger partial charge in [-0.15, -0.1) is 0 Å². The van der Waals surface area contributed by atoms with Crippen LogP contribution in [-0.2, 0) is 14.3 Å². The van der Waals surface area contributed by atoms with E-state index in [1.807, 2.05) is 34.6 Å². The fourth-order valence-corrected chi connectivity index (χ4v) is 3.48. The van der Waals surface area contributed by atoms with Crippen molar-refractivity contribution in [2.45, 2.75) is 98.4 Å². The van der Waals surface area contributed by atoms with Gasteiger partial charge in [0.05, 0.1) is 0 Å². The molecule has 0 fully saturated rings. The molecule has 3 N–H and O–H groups in total. The molecule has 0 aliphatic carbocycles. The third kappa shape index (κ3) is 8.88. The monoisotopic (exact) mass is 477 g/mol. The van der Waals surface area contributed by atoms with Gasteiger partial charge in [0, 0.05) is 12.6 Å². The van der Waals surface area contributed by atoms with Gasteiger partial charge in [0.2, 0.25) is 11.8 Å². The van der Waals surface area contributed by atoms with E-state index < -0.39 is 23.8 Å². The lowest BCUT2D eigenvalue weighted by Crippen LogP contribution is -2.57. The smallest absolute Gasteiger partial charge is 0.408 e. The summed E-state index contributed by atoms with van der Waals surface area (Å²) in [7, 11) is 0. The number of carbonyl (C=O) groups is 3. The quantitative estimate of drug-likeness (QED) is 0.406. The standard InChI is InChI=1S/C26H43N3O5/c1-9-11-16-27-23(31)22(19-12-14-20(30)15-13-19)29(18(5)10-2)24(32)21(17(3)4)28-25(33)34-26(6,7)8/h12-15,17-18,21-22,30H,9-11,16H2,1-8H3,(H,27,31)(H,28,33).